The van der Waals surface area contributed by atoms with Gasteiger partial charge in [-0.25, -0.2) is 4.39 Å². The van der Waals surface area contributed by atoms with Crippen molar-refractivity contribution in [3.63, 3.8) is 0 Å². The molecule has 0 aliphatic heterocycles. The molecule has 2 nitrogen and oxygen atoms in total. The monoisotopic (exact) mass is 372 g/mol. The van der Waals surface area contributed by atoms with Crippen molar-refractivity contribution in [3.05, 3.63) is 89.2 Å². The summed E-state index contributed by atoms with van der Waals surface area (Å²) in [6.45, 7) is 0. The topological polar surface area (TPSA) is 37.3 Å². The molecule has 0 aliphatic rings. The Morgan fingerprint density at radius 3 is 2.37 bits per heavy atom. The highest BCUT2D eigenvalue weighted by Crippen LogP contribution is 2.41. The minimum absolute atomic E-state index is 0.131. The average molecular weight is 372 g/mol. The first-order valence-corrected chi connectivity index (χ1v) is 9.01. The normalized spacial score (nSPS) is 10.7. The van der Waals surface area contributed by atoms with Crippen LogP contribution in [0.1, 0.15) is 21.5 Å². The number of hydrogen-bond donors (Lipinski definition) is 1. The first kappa shape index (κ1) is 17.0. The fraction of sp³-hybridized carbons (Fsp3) is 0. The summed E-state index contributed by atoms with van der Waals surface area (Å²) < 4.78 is 14.1. The molecule has 130 valence electrons. The minimum atomic E-state index is -0.338. The van der Waals surface area contributed by atoms with Crippen molar-refractivity contribution in [1.82, 2.24) is 0 Å². The predicted molar refractivity (Wildman–Crippen MR) is 107 cm³/mol. The second kappa shape index (κ2) is 6.71. The van der Waals surface area contributed by atoms with Crippen molar-refractivity contribution in [2.45, 2.75) is 0 Å². The lowest BCUT2D eigenvalue weighted by molar-refractivity contribution is 0.104. The third-order valence-corrected chi connectivity index (χ3v) is 5.52. The van der Waals surface area contributed by atoms with Crippen LogP contribution in [0.15, 0.2) is 66.7 Å². The Hall–Kier alpha value is -3.42. The molecule has 27 heavy (non-hydrogen) atoms. The third-order valence-electron chi connectivity index (χ3n) is 4.32. The second-order valence-corrected chi connectivity index (χ2v) is 7.10. The summed E-state index contributed by atoms with van der Waals surface area (Å²) in [6.07, 6.45) is 5.38. The van der Waals surface area contributed by atoms with E-state index in [1.54, 1.807) is 54.6 Å². The molecular formula is C23H13FO2S. The van der Waals surface area contributed by atoms with Crippen LogP contribution in [0.4, 0.5) is 4.39 Å². The van der Waals surface area contributed by atoms with Gasteiger partial charge in [-0.1, -0.05) is 18.1 Å². The maximum Gasteiger partial charge on any atom is 0.195 e. The molecule has 1 N–H and O–H groups in total. The second-order valence-electron chi connectivity index (χ2n) is 6.04. The summed E-state index contributed by atoms with van der Waals surface area (Å²) in [5.74, 6) is 2.18. The Morgan fingerprint density at radius 1 is 1.00 bits per heavy atom. The van der Waals surface area contributed by atoms with Gasteiger partial charge in [-0.05, 0) is 60.2 Å². The van der Waals surface area contributed by atoms with Crippen LogP contribution in [-0.4, -0.2) is 10.9 Å². The number of halogens is 1. The lowest BCUT2D eigenvalue weighted by Gasteiger charge is -2.06. The van der Waals surface area contributed by atoms with Gasteiger partial charge < -0.3 is 5.11 Å². The highest BCUT2D eigenvalue weighted by Gasteiger charge is 2.21. The first-order chi connectivity index (χ1) is 13.1. The molecule has 1 heterocycles. The average Bonchev–Trinajstić information content (AvgIpc) is 3.06. The first-order valence-electron chi connectivity index (χ1n) is 8.19. The van der Waals surface area contributed by atoms with Gasteiger partial charge in [-0.15, -0.1) is 17.8 Å². The molecule has 1 aromatic heterocycles. The van der Waals surface area contributed by atoms with E-state index in [2.05, 4.69) is 5.92 Å². The molecule has 0 spiro atoms. The molecule has 0 saturated heterocycles. The van der Waals surface area contributed by atoms with E-state index in [9.17, 15) is 14.3 Å². The van der Waals surface area contributed by atoms with Crippen molar-refractivity contribution in [1.29, 1.82) is 0 Å². The van der Waals surface area contributed by atoms with E-state index in [4.69, 9.17) is 6.42 Å². The maximum atomic E-state index is 13.3. The van der Waals surface area contributed by atoms with Crippen LogP contribution < -0.4 is 0 Å². The number of carbonyl (C=O) groups is 1. The van der Waals surface area contributed by atoms with Crippen molar-refractivity contribution in [3.8, 4) is 28.5 Å². The Labute approximate surface area is 159 Å². The van der Waals surface area contributed by atoms with Gasteiger partial charge in [0.2, 0.25) is 0 Å². The van der Waals surface area contributed by atoms with E-state index in [0.29, 0.717) is 16.7 Å². The third kappa shape index (κ3) is 3.10. The van der Waals surface area contributed by atoms with Crippen LogP contribution in [0.2, 0.25) is 0 Å². The number of thiophene rings is 1. The number of fused-ring (bicyclic) bond motifs is 1. The summed E-state index contributed by atoms with van der Waals surface area (Å²) in [5.41, 5.74) is 2.51. The van der Waals surface area contributed by atoms with E-state index in [1.807, 2.05) is 0 Å². The number of rotatable bonds is 3. The number of aromatic hydroxyl groups is 1. The van der Waals surface area contributed by atoms with Crippen LogP contribution >= 0.6 is 11.3 Å². The summed E-state index contributed by atoms with van der Waals surface area (Å²) in [4.78, 5) is 14.0. The van der Waals surface area contributed by atoms with E-state index < -0.39 is 0 Å². The zero-order chi connectivity index (χ0) is 19.0. The number of phenolic OH excluding ortho intramolecular Hbond substituents is 1. The zero-order valence-corrected chi connectivity index (χ0v) is 14.9. The molecule has 0 aliphatic carbocycles. The molecule has 0 radical (unpaired) electrons. The Balaban J connectivity index is 1.94. The van der Waals surface area contributed by atoms with Crippen LogP contribution in [0.3, 0.4) is 0 Å². The standard InChI is InChI=1S/C23H13FO2S/c1-2-14-3-5-15(6-4-14)22(26)21-19-12-11-18(25)13-20(19)27-23(21)16-7-9-17(24)10-8-16/h1,3-13,25H. The molecule has 0 unspecified atom stereocenters. The number of benzene rings is 3. The van der Waals surface area contributed by atoms with Gasteiger partial charge in [0.1, 0.15) is 11.6 Å². The largest absolute Gasteiger partial charge is 0.508 e. The molecule has 4 rings (SSSR count). The van der Waals surface area contributed by atoms with E-state index in [-0.39, 0.29) is 17.3 Å². The highest BCUT2D eigenvalue weighted by atomic mass is 32.1. The van der Waals surface area contributed by atoms with E-state index in [1.165, 1.54) is 23.5 Å². The lowest BCUT2D eigenvalue weighted by atomic mass is 9.97. The summed E-state index contributed by atoms with van der Waals surface area (Å²) in [7, 11) is 0. The van der Waals surface area contributed by atoms with Gasteiger partial charge >= 0.3 is 0 Å². The minimum Gasteiger partial charge on any atom is -0.508 e. The van der Waals surface area contributed by atoms with Crippen molar-refractivity contribution >= 4 is 27.2 Å². The van der Waals surface area contributed by atoms with Gasteiger partial charge in [0, 0.05) is 31.7 Å². The fourth-order valence-electron chi connectivity index (χ4n) is 2.98. The van der Waals surface area contributed by atoms with E-state index in [0.717, 1.165) is 20.5 Å². The quantitative estimate of drug-likeness (QED) is 0.374. The van der Waals surface area contributed by atoms with E-state index >= 15 is 0 Å². The van der Waals surface area contributed by atoms with Crippen molar-refractivity contribution in [2.75, 3.05) is 0 Å². The van der Waals surface area contributed by atoms with Crippen LogP contribution in [-0.2, 0) is 0 Å². The number of carbonyl (C=O) groups excluding carboxylic acids is 1. The number of hydrogen-bond acceptors (Lipinski definition) is 3. The summed E-state index contributed by atoms with van der Waals surface area (Å²) in [5, 5.41) is 10.6. The van der Waals surface area contributed by atoms with Crippen LogP contribution in [0.25, 0.3) is 20.5 Å². The van der Waals surface area contributed by atoms with Crippen LogP contribution in [0, 0.1) is 18.2 Å². The molecule has 0 saturated carbocycles. The smallest absolute Gasteiger partial charge is 0.195 e. The SMILES string of the molecule is C#Cc1ccc(C(=O)c2c(-c3ccc(F)cc3)sc3cc(O)ccc23)cc1. The Kier molecular flexibility index (Phi) is 4.23. The molecule has 0 atom stereocenters. The number of terminal acetylenes is 1. The molecule has 4 heteroatoms. The predicted octanol–water partition coefficient (Wildman–Crippen LogP) is 5.63. The molecule has 0 fully saturated rings. The fourth-order valence-corrected chi connectivity index (χ4v) is 4.22. The van der Waals surface area contributed by atoms with Crippen molar-refractivity contribution < 1.29 is 14.3 Å². The van der Waals surface area contributed by atoms with Gasteiger partial charge in [0.15, 0.2) is 5.78 Å². The Bertz CT molecular complexity index is 1200. The number of ketones is 1. The molecular weight excluding hydrogens is 359 g/mol. The molecule has 0 amide bonds. The van der Waals surface area contributed by atoms with Gasteiger partial charge in [-0.3, -0.25) is 4.79 Å². The van der Waals surface area contributed by atoms with Gasteiger partial charge in [-0.2, -0.15) is 0 Å². The Morgan fingerprint density at radius 2 is 1.70 bits per heavy atom. The molecule has 0 bridgehead atoms. The van der Waals surface area contributed by atoms with Gasteiger partial charge in [0.25, 0.3) is 0 Å². The summed E-state index contributed by atoms with van der Waals surface area (Å²) >= 11 is 1.39. The zero-order valence-electron chi connectivity index (χ0n) is 14.1. The summed E-state index contributed by atoms with van der Waals surface area (Å²) in [6, 6.07) is 17.8. The highest BCUT2D eigenvalue weighted by molar-refractivity contribution is 7.22. The lowest BCUT2D eigenvalue weighted by Crippen LogP contribution is -2.02. The van der Waals surface area contributed by atoms with Gasteiger partial charge in [0.05, 0.1) is 0 Å². The maximum absolute atomic E-state index is 13.3. The molecule has 4 aromatic rings. The van der Waals surface area contributed by atoms with Crippen molar-refractivity contribution in [2.24, 2.45) is 0 Å². The molecule has 3 aromatic carbocycles. The number of phenols is 1. The van der Waals surface area contributed by atoms with Crippen LogP contribution in [0.5, 0.6) is 5.75 Å².